The molecule has 3 nitrogen and oxygen atoms in total. The van der Waals surface area contributed by atoms with Crippen LogP contribution in [0.5, 0.6) is 0 Å². The molecule has 14 heavy (non-hydrogen) atoms. The summed E-state index contributed by atoms with van der Waals surface area (Å²) in [6.07, 6.45) is 5.91. The van der Waals surface area contributed by atoms with Crippen molar-refractivity contribution >= 4 is 5.71 Å². The number of aliphatic hydroxyl groups excluding tert-OH is 1. The van der Waals surface area contributed by atoms with Gasteiger partial charge in [0.1, 0.15) is 0 Å². The van der Waals surface area contributed by atoms with Crippen LogP contribution in [0.2, 0.25) is 0 Å². The third-order valence-corrected chi connectivity index (χ3v) is 1.74. The average molecular weight is 198 g/mol. The molecule has 0 aliphatic rings. The van der Waals surface area contributed by atoms with Crippen LogP contribution in [0.15, 0.2) is 17.3 Å². The summed E-state index contributed by atoms with van der Waals surface area (Å²) in [5.41, 5.74) is 1.06. The zero-order valence-corrected chi connectivity index (χ0v) is 9.70. The van der Waals surface area contributed by atoms with E-state index in [9.17, 15) is 5.11 Å². The lowest BCUT2D eigenvalue weighted by Crippen LogP contribution is -2.15. The maximum Gasteiger partial charge on any atom is 0.0773 e. The van der Waals surface area contributed by atoms with Gasteiger partial charge in [0.25, 0.3) is 0 Å². The van der Waals surface area contributed by atoms with Crippen molar-refractivity contribution in [3.63, 3.8) is 0 Å². The van der Waals surface area contributed by atoms with Crippen LogP contribution in [-0.4, -0.2) is 36.0 Å². The second-order valence-corrected chi connectivity index (χ2v) is 3.56. The van der Waals surface area contributed by atoms with E-state index in [1.807, 2.05) is 27.1 Å². The molecule has 0 aliphatic carbocycles. The smallest absolute Gasteiger partial charge is 0.0773 e. The largest absolute Gasteiger partial charge is 0.389 e. The lowest BCUT2D eigenvalue weighted by molar-refractivity contribution is 0.230. The number of allylic oxidation sites excluding steroid dienone is 1. The number of hydrogen-bond donors (Lipinski definition) is 1. The molecule has 0 spiro atoms. The summed E-state index contributed by atoms with van der Waals surface area (Å²) in [5.74, 6) is 0. The third-order valence-electron chi connectivity index (χ3n) is 1.74. The molecule has 0 fully saturated rings. The topological polar surface area (TPSA) is 35.8 Å². The first-order valence-electron chi connectivity index (χ1n) is 5.14. The number of nitrogens with zero attached hydrogens (tertiary/aromatic N) is 2. The predicted octanol–water partition coefficient (Wildman–Crippen LogP) is 2.03. The van der Waals surface area contributed by atoms with Crippen LogP contribution >= 0.6 is 0 Å². The van der Waals surface area contributed by atoms with Crippen molar-refractivity contribution < 1.29 is 5.11 Å². The maximum absolute atomic E-state index is 9.57. The molecule has 82 valence electrons. The summed E-state index contributed by atoms with van der Waals surface area (Å²) < 4.78 is 0. The first-order valence-corrected chi connectivity index (χ1v) is 5.14. The second kappa shape index (κ2) is 7.56. The third kappa shape index (κ3) is 6.66. The number of aliphatic hydroxyl groups is 1. The minimum Gasteiger partial charge on any atom is -0.389 e. The highest BCUT2D eigenvalue weighted by molar-refractivity contribution is 5.84. The van der Waals surface area contributed by atoms with E-state index in [4.69, 9.17) is 0 Å². The van der Waals surface area contributed by atoms with Crippen LogP contribution in [0.1, 0.15) is 33.1 Å². The Kier molecular flexibility index (Phi) is 7.11. The van der Waals surface area contributed by atoms with Crippen molar-refractivity contribution in [1.29, 1.82) is 0 Å². The standard InChI is InChI=1S/C11H22N2O/c1-5-7-10(12-13(3)4)9-11(14)8-6-2/h6,8,11,14H,5,7,9H2,1-4H3/b8-6+,12-10?. The molecule has 1 atom stereocenters. The van der Waals surface area contributed by atoms with E-state index in [-0.39, 0.29) is 0 Å². The normalized spacial score (nSPS) is 14.8. The summed E-state index contributed by atoms with van der Waals surface area (Å²) in [4.78, 5) is 0. The zero-order valence-electron chi connectivity index (χ0n) is 9.70. The van der Waals surface area contributed by atoms with Crippen molar-refractivity contribution in [1.82, 2.24) is 5.01 Å². The van der Waals surface area contributed by atoms with Crippen molar-refractivity contribution in [3.8, 4) is 0 Å². The molecule has 0 heterocycles. The Bertz CT molecular complexity index is 197. The van der Waals surface area contributed by atoms with Crippen LogP contribution < -0.4 is 0 Å². The van der Waals surface area contributed by atoms with Crippen LogP contribution in [-0.2, 0) is 0 Å². The minimum atomic E-state index is -0.398. The molecule has 0 aromatic carbocycles. The molecule has 0 aromatic rings. The van der Waals surface area contributed by atoms with E-state index in [0.717, 1.165) is 18.6 Å². The summed E-state index contributed by atoms with van der Waals surface area (Å²) >= 11 is 0. The van der Waals surface area contributed by atoms with Gasteiger partial charge in [0.2, 0.25) is 0 Å². The van der Waals surface area contributed by atoms with Gasteiger partial charge in [-0.1, -0.05) is 25.5 Å². The van der Waals surface area contributed by atoms with E-state index in [1.165, 1.54) is 0 Å². The SMILES string of the molecule is C/C=C/C(O)CC(CCC)=NN(C)C. The van der Waals surface area contributed by atoms with E-state index < -0.39 is 6.10 Å². The van der Waals surface area contributed by atoms with Crippen molar-refractivity contribution in [2.24, 2.45) is 5.10 Å². The highest BCUT2D eigenvalue weighted by Gasteiger charge is 2.05. The highest BCUT2D eigenvalue weighted by Crippen LogP contribution is 2.04. The molecule has 0 aromatic heterocycles. The first-order chi connectivity index (χ1) is 6.60. The van der Waals surface area contributed by atoms with Gasteiger partial charge in [-0.2, -0.15) is 5.10 Å². The molecule has 0 aliphatic heterocycles. The Morgan fingerprint density at radius 3 is 2.57 bits per heavy atom. The fourth-order valence-corrected chi connectivity index (χ4v) is 1.30. The first kappa shape index (κ1) is 13.2. The van der Waals surface area contributed by atoms with Gasteiger partial charge in [0, 0.05) is 26.2 Å². The predicted molar refractivity (Wildman–Crippen MR) is 61.5 cm³/mol. The average Bonchev–Trinajstić information content (AvgIpc) is 2.03. The summed E-state index contributed by atoms with van der Waals surface area (Å²) in [6.45, 7) is 4.03. The summed E-state index contributed by atoms with van der Waals surface area (Å²) in [6, 6.07) is 0. The van der Waals surface area contributed by atoms with Gasteiger partial charge in [0.05, 0.1) is 6.10 Å². The molecule has 0 amide bonds. The van der Waals surface area contributed by atoms with E-state index in [0.29, 0.717) is 6.42 Å². The van der Waals surface area contributed by atoms with E-state index >= 15 is 0 Å². The minimum absolute atomic E-state index is 0.398. The van der Waals surface area contributed by atoms with Gasteiger partial charge in [0.15, 0.2) is 0 Å². The fraction of sp³-hybridized carbons (Fsp3) is 0.727. The molecule has 1 N–H and O–H groups in total. The van der Waals surface area contributed by atoms with Gasteiger partial charge in [-0.15, -0.1) is 0 Å². The highest BCUT2D eigenvalue weighted by atomic mass is 16.3. The Morgan fingerprint density at radius 2 is 2.14 bits per heavy atom. The second-order valence-electron chi connectivity index (χ2n) is 3.56. The van der Waals surface area contributed by atoms with Crippen molar-refractivity contribution in [3.05, 3.63) is 12.2 Å². The van der Waals surface area contributed by atoms with E-state index in [2.05, 4.69) is 12.0 Å². The Morgan fingerprint density at radius 1 is 1.50 bits per heavy atom. The maximum atomic E-state index is 9.57. The summed E-state index contributed by atoms with van der Waals surface area (Å²) in [5, 5.41) is 15.7. The van der Waals surface area contributed by atoms with Crippen LogP contribution in [0, 0.1) is 0 Å². The lowest BCUT2D eigenvalue weighted by atomic mass is 10.1. The molecule has 3 heteroatoms. The van der Waals surface area contributed by atoms with Crippen molar-refractivity contribution in [2.45, 2.75) is 39.2 Å². The van der Waals surface area contributed by atoms with E-state index in [1.54, 1.807) is 11.1 Å². The molecule has 0 bridgehead atoms. The Labute approximate surface area is 87.1 Å². The molecular weight excluding hydrogens is 176 g/mol. The fourth-order valence-electron chi connectivity index (χ4n) is 1.30. The Hall–Kier alpha value is -0.830. The molecule has 0 radical (unpaired) electrons. The molecular formula is C11H22N2O. The summed E-state index contributed by atoms with van der Waals surface area (Å²) in [7, 11) is 3.80. The van der Waals surface area contributed by atoms with Gasteiger partial charge < -0.3 is 10.1 Å². The lowest BCUT2D eigenvalue weighted by Gasteiger charge is -2.12. The van der Waals surface area contributed by atoms with Gasteiger partial charge in [-0.25, -0.2) is 0 Å². The van der Waals surface area contributed by atoms with Gasteiger partial charge >= 0.3 is 0 Å². The van der Waals surface area contributed by atoms with Gasteiger partial charge in [-0.3, -0.25) is 0 Å². The Balaban J connectivity index is 4.22. The van der Waals surface area contributed by atoms with Crippen LogP contribution in [0.4, 0.5) is 0 Å². The number of hydrazone groups is 1. The number of rotatable bonds is 6. The monoisotopic (exact) mass is 198 g/mol. The van der Waals surface area contributed by atoms with Crippen LogP contribution in [0.3, 0.4) is 0 Å². The van der Waals surface area contributed by atoms with Crippen molar-refractivity contribution in [2.75, 3.05) is 14.1 Å². The van der Waals surface area contributed by atoms with Crippen LogP contribution in [0.25, 0.3) is 0 Å². The molecule has 0 saturated heterocycles. The number of hydrogen-bond acceptors (Lipinski definition) is 3. The molecule has 0 saturated carbocycles. The molecule has 0 rings (SSSR count). The molecule has 1 unspecified atom stereocenters. The zero-order chi connectivity index (χ0) is 11.0. The quantitative estimate of drug-likeness (QED) is 0.403. The van der Waals surface area contributed by atoms with Gasteiger partial charge in [-0.05, 0) is 13.3 Å².